The van der Waals surface area contributed by atoms with Gasteiger partial charge in [-0.25, -0.2) is 8.42 Å². The van der Waals surface area contributed by atoms with Gasteiger partial charge in [0.25, 0.3) is 0 Å². The van der Waals surface area contributed by atoms with Gasteiger partial charge >= 0.3 is 0 Å². The van der Waals surface area contributed by atoms with E-state index in [1.807, 2.05) is 12.1 Å². The third-order valence-corrected chi connectivity index (χ3v) is 9.39. The Hall–Kier alpha value is -3.24. The van der Waals surface area contributed by atoms with Crippen molar-refractivity contribution < 1.29 is 17.7 Å². The number of hydrogen-bond acceptors (Lipinski definition) is 7. The monoisotopic (exact) mass is 548 g/mol. The van der Waals surface area contributed by atoms with Crippen LogP contribution >= 0.6 is 0 Å². The van der Waals surface area contributed by atoms with Crippen molar-refractivity contribution in [2.45, 2.75) is 31.8 Å². The van der Waals surface area contributed by atoms with Crippen LogP contribution in [0, 0.1) is 13.8 Å². The van der Waals surface area contributed by atoms with Gasteiger partial charge in [0.15, 0.2) is 5.76 Å². The number of hydrogen-bond donors (Lipinski definition) is 0. The molecule has 0 N–H and O–H groups in total. The smallest absolute Gasteiger partial charge is 0.248 e. The van der Waals surface area contributed by atoms with Gasteiger partial charge < -0.3 is 9.26 Å². The first-order chi connectivity index (χ1) is 18.8. The summed E-state index contributed by atoms with van der Waals surface area (Å²) in [5.74, 6) is 1.19. The van der Waals surface area contributed by atoms with Gasteiger partial charge in [-0.1, -0.05) is 59.8 Å². The Balaban J connectivity index is 1.09. The molecule has 0 saturated carbocycles. The Morgan fingerprint density at radius 3 is 2.46 bits per heavy atom. The topological polar surface area (TPSA) is 79.1 Å². The Bertz CT molecular complexity index is 1500. The summed E-state index contributed by atoms with van der Waals surface area (Å²) in [4.78, 5) is 4.75. The van der Waals surface area contributed by atoms with E-state index in [0.29, 0.717) is 44.2 Å². The minimum atomic E-state index is -3.60. The number of ether oxygens (including phenoxy) is 1. The second kappa shape index (κ2) is 11.9. The quantitative estimate of drug-likeness (QED) is 0.290. The lowest BCUT2D eigenvalue weighted by Gasteiger charge is -2.33. The predicted molar refractivity (Wildman–Crippen MR) is 152 cm³/mol. The molecule has 8 nitrogen and oxygen atoms in total. The van der Waals surface area contributed by atoms with Gasteiger partial charge in [0.05, 0.1) is 0 Å². The van der Waals surface area contributed by atoms with E-state index in [9.17, 15) is 8.42 Å². The maximum Gasteiger partial charge on any atom is 0.248 e. The average Bonchev–Trinajstić information content (AvgIpc) is 3.28. The standard InChI is InChI=1S/C30H36N4O4S/c1-23-30(24(2)38-31-23)39(35,36)34-16-14-33(15-17-34)18-19-37-28-12-6-8-25(20-28)21-32(3)22-27-11-7-10-26-9-4-5-13-29(26)27/h4-13,20H,14-19,21-22H2,1-3H3. The third-order valence-electron chi connectivity index (χ3n) is 7.24. The fourth-order valence-corrected chi connectivity index (χ4v) is 6.99. The van der Waals surface area contributed by atoms with Crippen molar-refractivity contribution in [2.75, 3.05) is 46.4 Å². The molecular weight excluding hydrogens is 512 g/mol. The van der Waals surface area contributed by atoms with E-state index in [1.54, 1.807) is 13.8 Å². The summed E-state index contributed by atoms with van der Waals surface area (Å²) in [6.45, 7) is 8.46. The lowest BCUT2D eigenvalue weighted by atomic mass is 10.0. The molecule has 39 heavy (non-hydrogen) atoms. The van der Waals surface area contributed by atoms with Crippen LogP contribution in [0.2, 0.25) is 0 Å². The van der Waals surface area contributed by atoms with Crippen LogP contribution in [0.3, 0.4) is 0 Å². The van der Waals surface area contributed by atoms with Crippen LogP contribution in [-0.4, -0.2) is 74.1 Å². The van der Waals surface area contributed by atoms with Gasteiger partial charge in [-0.05, 0) is 54.9 Å². The van der Waals surface area contributed by atoms with E-state index >= 15 is 0 Å². The fourth-order valence-electron chi connectivity index (χ4n) is 5.28. The summed E-state index contributed by atoms with van der Waals surface area (Å²) in [6.07, 6.45) is 0. The first kappa shape index (κ1) is 27.3. The molecule has 1 aromatic heterocycles. The van der Waals surface area contributed by atoms with Gasteiger partial charge in [0.1, 0.15) is 22.9 Å². The Morgan fingerprint density at radius 1 is 0.949 bits per heavy atom. The molecule has 0 radical (unpaired) electrons. The Morgan fingerprint density at radius 2 is 1.69 bits per heavy atom. The highest BCUT2D eigenvalue weighted by atomic mass is 32.2. The zero-order valence-electron chi connectivity index (χ0n) is 22.8. The van der Waals surface area contributed by atoms with Crippen molar-refractivity contribution in [2.24, 2.45) is 0 Å². The molecule has 0 bridgehead atoms. The average molecular weight is 549 g/mol. The number of benzene rings is 3. The van der Waals surface area contributed by atoms with E-state index < -0.39 is 10.0 Å². The number of aryl methyl sites for hydroxylation is 2. The highest BCUT2D eigenvalue weighted by Gasteiger charge is 2.33. The van der Waals surface area contributed by atoms with E-state index in [0.717, 1.165) is 25.4 Å². The molecule has 0 aliphatic carbocycles. The maximum atomic E-state index is 13.0. The van der Waals surface area contributed by atoms with Crippen LogP contribution in [0.15, 0.2) is 76.1 Å². The summed E-state index contributed by atoms with van der Waals surface area (Å²) >= 11 is 0. The molecule has 1 fully saturated rings. The number of rotatable bonds is 10. The molecule has 9 heteroatoms. The maximum absolute atomic E-state index is 13.0. The van der Waals surface area contributed by atoms with Crippen LogP contribution < -0.4 is 4.74 Å². The van der Waals surface area contributed by atoms with Gasteiger partial charge in [-0.2, -0.15) is 4.31 Å². The second-order valence-electron chi connectivity index (χ2n) is 10.2. The normalized spacial score (nSPS) is 15.3. The molecular formula is C30H36N4O4S. The van der Waals surface area contributed by atoms with Crippen molar-refractivity contribution >= 4 is 20.8 Å². The van der Waals surface area contributed by atoms with E-state index in [-0.39, 0.29) is 4.90 Å². The zero-order chi connectivity index (χ0) is 27.4. The van der Waals surface area contributed by atoms with Gasteiger partial charge in [0.2, 0.25) is 10.0 Å². The Labute approximate surface area is 230 Å². The molecule has 0 atom stereocenters. The first-order valence-corrected chi connectivity index (χ1v) is 14.8. The van der Waals surface area contributed by atoms with Crippen molar-refractivity contribution in [3.8, 4) is 5.75 Å². The predicted octanol–water partition coefficient (Wildman–Crippen LogP) is 4.46. The number of nitrogens with zero attached hydrogens (tertiary/aromatic N) is 4. The number of sulfonamides is 1. The fraction of sp³-hybridized carbons (Fsp3) is 0.367. The van der Waals surface area contributed by atoms with Gasteiger partial charge in [-0.3, -0.25) is 9.80 Å². The molecule has 0 amide bonds. The minimum absolute atomic E-state index is 0.196. The first-order valence-electron chi connectivity index (χ1n) is 13.3. The van der Waals surface area contributed by atoms with Gasteiger partial charge in [-0.15, -0.1) is 0 Å². The Kier molecular flexibility index (Phi) is 8.32. The number of aromatic nitrogens is 1. The second-order valence-corrected chi connectivity index (χ2v) is 12.1. The minimum Gasteiger partial charge on any atom is -0.492 e. The summed E-state index contributed by atoms with van der Waals surface area (Å²) in [6, 6.07) is 23.2. The van der Waals surface area contributed by atoms with Crippen LogP contribution in [0.25, 0.3) is 10.8 Å². The lowest BCUT2D eigenvalue weighted by Crippen LogP contribution is -2.49. The lowest BCUT2D eigenvalue weighted by molar-refractivity contribution is 0.158. The van der Waals surface area contributed by atoms with Crippen LogP contribution in [0.5, 0.6) is 5.75 Å². The molecule has 4 aromatic rings. The summed E-state index contributed by atoms with van der Waals surface area (Å²) in [5.41, 5.74) is 2.93. The zero-order valence-corrected chi connectivity index (χ0v) is 23.7. The molecule has 2 heterocycles. The van der Waals surface area contributed by atoms with Crippen LogP contribution in [0.1, 0.15) is 22.6 Å². The highest BCUT2D eigenvalue weighted by Crippen LogP contribution is 2.24. The van der Waals surface area contributed by atoms with E-state index in [1.165, 1.54) is 26.2 Å². The summed E-state index contributed by atoms with van der Waals surface area (Å²) in [5, 5.41) is 6.37. The molecule has 1 aliphatic heterocycles. The number of fused-ring (bicyclic) bond motifs is 1. The van der Waals surface area contributed by atoms with Crippen molar-refractivity contribution in [1.29, 1.82) is 0 Å². The molecule has 5 rings (SSSR count). The molecule has 206 valence electrons. The molecule has 1 aliphatic rings. The van der Waals surface area contributed by atoms with Crippen molar-refractivity contribution in [3.05, 3.63) is 89.3 Å². The summed E-state index contributed by atoms with van der Waals surface area (Å²) < 4.78 is 38.8. The van der Waals surface area contributed by atoms with Crippen LogP contribution in [0.4, 0.5) is 0 Å². The van der Waals surface area contributed by atoms with E-state index in [4.69, 9.17) is 9.26 Å². The van der Waals surface area contributed by atoms with Crippen LogP contribution in [-0.2, 0) is 23.1 Å². The SMILES string of the molecule is Cc1noc(C)c1S(=O)(=O)N1CCN(CCOc2cccc(CN(C)Cc3cccc4ccccc34)c2)CC1. The largest absolute Gasteiger partial charge is 0.492 e. The summed E-state index contributed by atoms with van der Waals surface area (Å²) in [7, 11) is -1.46. The third kappa shape index (κ3) is 6.33. The van der Waals surface area contributed by atoms with Crippen molar-refractivity contribution in [1.82, 2.24) is 19.3 Å². The van der Waals surface area contributed by atoms with Gasteiger partial charge in [0, 0.05) is 45.8 Å². The molecule has 1 saturated heterocycles. The number of piperazine rings is 1. The molecule has 3 aromatic carbocycles. The molecule has 0 unspecified atom stereocenters. The van der Waals surface area contributed by atoms with Crippen molar-refractivity contribution in [3.63, 3.8) is 0 Å². The van der Waals surface area contributed by atoms with E-state index in [2.05, 4.69) is 76.6 Å². The highest BCUT2D eigenvalue weighted by molar-refractivity contribution is 7.89. The molecule has 0 spiro atoms.